The molecule has 0 aromatic heterocycles. The maximum Gasteiger partial charge on any atom is 0.114 e. The van der Waals surface area contributed by atoms with Gasteiger partial charge in [-0.2, -0.15) is 0 Å². The molecule has 80 valence electrons. The summed E-state index contributed by atoms with van der Waals surface area (Å²) in [6.45, 7) is 5.17. The summed E-state index contributed by atoms with van der Waals surface area (Å²) in [5.74, 6) is -1.28. The van der Waals surface area contributed by atoms with Crippen molar-refractivity contribution in [2.75, 3.05) is 6.61 Å². The van der Waals surface area contributed by atoms with E-state index in [2.05, 4.69) is 16.9 Å². The molecule has 0 aliphatic rings. The SMILES string of the molecule is C=C(NOCC(=O)[O-])c1ccc(C)cc1. The number of hydrogen-bond acceptors (Lipinski definition) is 4. The molecule has 0 amide bonds. The van der Waals surface area contributed by atoms with E-state index in [9.17, 15) is 9.90 Å². The van der Waals surface area contributed by atoms with Crippen molar-refractivity contribution in [2.24, 2.45) is 0 Å². The second kappa shape index (κ2) is 5.17. The summed E-state index contributed by atoms with van der Waals surface area (Å²) in [6.07, 6.45) is 0. The Kier molecular flexibility index (Phi) is 3.88. The number of hydrogen-bond donors (Lipinski definition) is 1. The van der Waals surface area contributed by atoms with Crippen molar-refractivity contribution >= 4 is 11.7 Å². The molecule has 0 saturated carbocycles. The Morgan fingerprint density at radius 2 is 2.07 bits per heavy atom. The van der Waals surface area contributed by atoms with Crippen LogP contribution in [0.25, 0.3) is 5.70 Å². The molecule has 1 aromatic carbocycles. The Balaban J connectivity index is 2.47. The van der Waals surface area contributed by atoms with Crippen molar-refractivity contribution in [3.8, 4) is 0 Å². The van der Waals surface area contributed by atoms with Crippen LogP contribution >= 0.6 is 0 Å². The van der Waals surface area contributed by atoms with Gasteiger partial charge >= 0.3 is 0 Å². The van der Waals surface area contributed by atoms with Gasteiger partial charge in [0, 0.05) is 0 Å². The van der Waals surface area contributed by atoms with Crippen LogP contribution in [0, 0.1) is 6.92 Å². The summed E-state index contributed by atoms with van der Waals surface area (Å²) in [5.41, 5.74) is 4.93. The number of carboxylic acid groups (broad SMARTS) is 1. The highest BCUT2D eigenvalue weighted by molar-refractivity contribution is 5.66. The van der Waals surface area contributed by atoms with Crippen molar-refractivity contribution in [1.82, 2.24) is 5.48 Å². The molecular formula is C11H12NO3-. The average Bonchev–Trinajstić information content (AvgIpc) is 2.18. The van der Waals surface area contributed by atoms with Gasteiger partial charge in [-0.15, -0.1) is 0 Å². The van der Waals surface area contributed by atoms with Crippen molar-refractivity contribution in [1.29, 1.82) is 0 Å². The van der Waals surface area contributed by atoms with Crippen LogP contribution in [0.15, 0.2) is 30.8 Å². The molecule has 1 aromatic rings. The van der Waals surface area contributed by atoms with E-state index in [4.69, 9.17) is 0 Å². The minimum absolute atomic E-state index is 0.509. The van der Waals surface area contributed by atoms with E-state index in [1.54, 1.807) is 0 Å². The van der Waals surface area contributed by atoms with Crippen molar-refractivity contribution in [3.63, 3.8) is 0 Å². The first-order valence-electron chi connectivity index (χ1n) is 4.43. The van der Waals surface area contributed by atoms with Gasteiger partial charge < -0.3 is 9.90 Å². The van der Waals surface area contributed by atoms with E-state index in [1.807, 2.05) is 31.2 Å². The van der Waals surface area contributed by atoms with Gasteiger partial charge in [0.2, 0.25) is 0 Å². The fourth-order valence-corrected chi connectivity index (χ4v) is 0.996. The van der Waals surface area contributed by atoms with E-state index < -0.39 is 12.6 Å². The predicted octanol–water partition coefficient (Wildman–Crippen LogP) is 0.237. The molecule has 0 unspecified atom stereocenters. The molecule has 0 bridgehead atoms. The highest BCUT2D eigenvalue weighted by Gasteiger charge is 1.97. The Morgan fingerprint density at radius 3 is 2.60 bits per heavy atom. The van der Waals surface area contributed by atoms with Gasteiger partial charge in [-0.05, 0) is 12.5 Å². The lowest BCUT2D eigenvalue weighted by atomic mass is 10.1. The topological polar surface area (TPSA) is 61.4 Å². The third-order valence-electron chi connectivity index (χ3n) is 1.79. The number of aliphatic carboxylic acids is 1. The van der Waals surface area contributed by atoms with Crippen LogP contribution in [0.2, 0.25) is 0 Å². The van der Waals surface area contributed by atoms with Gasteiger partial charge in [-0.1, -0.05) is 36.4 Å². The summed E-state index contributed by atoms with van der Waals surface area (Å²) in [5, 5.41) is 10.1. The van der Waals surface area contributed by atoms with Crippen molar-refractivity contribution < 1.29 is 14.7 Å². The van der Waals surface area contributed by atoms with Crippen LogP contribution in [0.3, 0.4) is 0 Å². The molecular weight excluding hydrogens is 194 g/mol. The minimum Gasteiger partial charge on any atom is -0.548 e. The highest BCUT2D eigenvalue weighted by Crippen LogP contribution is 2.10. The van der Waals surface area contributed by atoms with Crippen LogP contribution in [0.1, 0.15) is 11.1 Å². The van der Waals surface area contributed by atoms with Crippen LogP contribution in [-0.2, 0) is 9.63 Å². The van der Waals surface area contributed by atoms with E-state index >= 15 is 0 Å². The maximum absolute atomic E-state index is 10.1. The number of carbonyl (C=O) groups is 1. The van der Waals surface area contributed by atoms with Crippen LogP contribution in [0.4, 0.5) is 0 Å². The average molecular weight is 206 g/mol. The summed E-state index contributed by atoms with van der Waals surface area (Å²) in [7, 11) is 0. The molecule has 1 N–H and O–H groups in total. The van der Waals surface area contributed by atoms with Gasteiger partial charge in [0.25, 0.3) is 0 Å². The number of hydroxylamine groups is 1. The summed E-state index contributed by atoms with van der Waals surface area (Å²) < 4.78 is 0. The van der Waals surface area contributed by atoms with Gasteiger partial charge in [0.15, 0.2) is 0 Å². The quantitative estimate of drug-likeness (QED) is 0.701. The summed E-state index contributed by atoms with van der Waals surface area (Å²) >= 11 is 0. The first kappa shape index (κ1) is 11.3. The van der Waals surface area contributed by atoms with Crippen LogP contribution in [-0.4, -0.2) is 12.6 Å². The van der Waals surface area contributed by atoms with E-state index in [1.165, 1.54) is 0 Å². The fourth-order valence-electron chi connectivity index (χ4n) is 0.996. The largest absolute Gasteiger partial charge is 0.548 e. The molecule has 1 rings (SSSR count). The Bertz CT molecular complexity index is 357. The molecule has 0 radical (unpaired) electrons. The highest BCUT2D eigenvalue weighted by atomic mass is 16.7. The van der Waals surface area contributed by atoms with E-state index in [0.717, 1.165) is 11.1 Å². The first-order chi connectivity index (χ1) is 7.09. The van der Waals surface area contributed by atoms with Gasteiger partial charge in [0.05, 0.1) is 11.7 Å². The van der Waals surface area contributed by atoms with Crippen LogP contribution < -0.4 is 10.6 Å². The van der Waals surface area contributed by atoms with Crippen molar-refractivity contribution in [2.45, 2.75) is 6.92 Å². The molecule has 15 heavy (non-hydrogen) atoms. The lowest BCUT2D eigenvalue weighted by Gasteiger charge is -2.10. The molecule has 0 aliphatic heterocycles. The van der Waals surface area contributed by atoms with Crippen molar-refractivity contribution in [3.05, 3.63) is 42.0 Å². The molecule has 0 heterocycles. The number of nitrogens with one attached hydrogen (secondary N) is 1. The first-order valence-corrected chi connectivity index (χ1v) is 4.43. The van der Waals surface area contributed by atoms with Gasteiger partial charge in [0.1, 0.15) is 6.61 Å². The third-order valence-corrected chi connectivity index (χ3v) is 1.79. The molecule has 0 saturated heterocycles. The monoisotopic (exact) mass is 206 g/mol. The second-order valence-corrected chi connectivity index (χ2v) is 3.11. The Morgan fingerprint density at radius 1 is 1.47 bits per heavy atom. The molecule has 0 aliphatic carbocycles. The van der Waals surface area contributed by atoms with Gasteiger partial charge in [-0.3, -0.25) is 10.3 Å². The molecule has 0 fully saturated rings. The lowest BCUT2D eigenvalue weighted by molar-refractivity contribution is -0.310. The molecule has 0 atom stereocenters. The second-order valence-electron chi connectivity index (χ2n) is 3.11. The fraction of sp³-hybridized carbons (Fsp3) is 0.182. The zero-order valence-electron chi connectivity index (χ0n) is 8.45. The summed E-state index contributed by atoms with van der Waals surface area (Å²) in [6, 6.07) is 7.60. The standard InChI is InChI=1S/C11H13NO3/c1-8-3-5-10(6-4-8)9(2)12-15-7-11(13)14/h3-6,12H,2,7H2,1H3,(H,13,14)/p-1. The number of carboxylic acids is 1. The normalized spacial score (nSPS) is 9.67. The zero-order valence-corrected chi connectivity index (χ0v) is 8.45. The zero-order chi connectivity index (χ0) is 11.3. The number of benzene rings is 1. The summed E-state index contributed by atoms with van der Waals surface area (Å²) in [4.78, 5) is 14.7. The van der Waals surface area contributed by atoms with E-state index in [0.29, 0.717) is 5.70 Å². The molecule has 4 heteroatoms. The smallest absolute Gasteiger partial charge is 0.114 e. The minimum atomic E-state index is -1.28. The molecule has 4 nitrogen and oxygen atoms in total. The van der Waals surface area contributed by atoms with E-state index in [-0.39, 0.29) is 0 Å². The third kappa shape index (κ3) is 3.83. The Labute approximate surface area is 88.1 Å². The number of rotatable bonds is 5. The van der Waals surface area contributed by atoms with Crippen LogP contribution in [0.5, 0.6) is 0 Å². The lowest BCUT2D eigenvalue weighted by Crippen LogP contribution is -2.30. The maximum atomic E-state index is 10.1. The molecule has 0 spiro atoms. The predicted molar refractivity (Wildman–Crippen MR) is 54.3 cm³/mol. The number of aryl methyl sites for hydroxylation is 1. The van der Waals surface area contributed by atoms with Gasteiger partial charge in [-0.25, -0.2) is 0 Å². The number of carbonyl (C=O) groups excluding carboxylic acids is 1. The Hall–Kier alpha value is -1.81.